The number of carbonyl (C=O) groups is 6. The molecule has 2 aliphatic rings. The summed E-state index contributed by atoms with van der Waals surface area (Å²) in [4.78, 5) is 74.4. The molecular weight excluding hydrogens is 788 g/mol. The van der Waals surface area contributed by atoms with Crippen LogP contribution in [0.25, 0.3) is 0 Å². The van der Waals surface area contributed by atoms with Crippen molar-refractivity contribution in [3.05, 3.63) is 130 Å². The highest BCUT2D eigenvalue weighted by atomic mass is 19.1. The predicted octanol–water partition coefficient (Wildman–Crippen LogP) is 7.74. The van der Waals surface area contributed by atoms with Crippen molar-refractivity contribution in [1.82, 2.24) is 14.7 Å². The maximum atomic E-state index is 14.0. The fourth-order valence-corrected chi connectivity index (χ4v) is 5.79. The third-order valence-electron chi connectivity index (χ3n) is 8.91. The van der Waals surface area contributed by atoms with Gasteiger partial charge in [-0.2, -0.15) is 0 Å². The van der Waals surface area contributed by atoms with Crippen LogP contribution in [-0.2, 0) is 4.74 Å². The number of esters is 1. The van der Waals surface area contributed by atoms with Gasteiger partial charge in [-0.3, -0.25) is 14.4 Å². The van der Waals surface area contributed by atoms with Crippen LogP contribution in [0.15, 0.2) is 84.9 Å². The summed E-state index contributed by atoms with van der Waals surface area (Å²) in [6, 6.07) is 17.9. The van der Waals surface area contributed by atoms with Gasteiger partial charge in [-0.25, -0.2) is 31.9 Å². The third kappa shape index (κ3) is 14.2. The maximum absolute atomic E-state index is 14.0. The number of hydrogen-bond acceptors (Lipinski definition) is 7. The predicted molar refractivity (Wildman–Crippen MR) is 218 cm³/mol. The van der Waals surface area contributed by atoms with Crippen LogP contribution >= 0.6 is 0 Å². The van der Waals surface area contributed by atoms with E-state index in [-0.39, 0.29) is 59.0 Å². The number of ether oxygens (including phenoxy) is 1. The Bertz CT molecular complexity index is 2140. The second-order valence-corrected chi connectivity index (χ2v) is 13.0. The van der Waals surface area contributed by atoms with E-state index in [4.69, 9.17) is 5.73 Å². The number of nitrogens with two attached hydrogens (primary N) is 1. The molecule has 4 aromatic rings. The summed E-state index contributed by atoms with van der Waals surface area (Å²) < 4.78 is 57.7. The van der Waals surface area contributed by atoms with Gasteiger partial charge in [0.2, 0.25) is 0 Å². The van der Waals surface area contributed by atoms with Gasteiger partial charge >= 0.3 is 18.0 Å². The zero-order valence-corrected chi connectivity index (χ0v) is 33.7. The first-order valence-electron chi connectivity index (χ1n) is 19.1. The van der Waals surface area contributed by atoms with Crippen molar-refractivity contribution < 1.29 is 51.1 Å². The quantitative estimate of drug-likeness (QED) is 0.101. The van der Waals surface area contributed by atoms with Crippen LogP contribution in [0.2, 0.25) is 0 Å². The lowest BCUT2D eigenvalue weighted by Gasteiger charge is -2.34. The number of piperazine rings is 1. The van der Waals surface area contributed by atoms with Crippen LogP contribution < -0.4 is 16.4 Å². The molecule has 6 rings (SSSR count). The van der Waals surface area contributed by atoms with Gasteiger partial charge < -0.3 is 35.8 Å². The van der Waals surface area contributed by atoms with Gasteiger partial charge in [0.25, 0.3) is 11.8 Å². The monoisotopic (exact) mass is 836 g/mol. The summed E-state index contributed by atoms with van der Waals surface area (Å²) in [7, 11) is 1.15. The number of nitrogens with zero attached hydrogens (tertiary/aromatic N) is 3. The average Bonchev–Trinajstić information content (AvgIpc) is 3.24. The molecule has 0 saturated carbocycles. The highest BCUT2D eigenvalue weighted by Gasteiger charge is 2.25. The maximum Gasteiger partial charge on any atom is 0.340 e. The molecule has 13 nitrogen and oxygen atoms in total. The smallest absolute Gasteiger partial charge is 0.340 e. The Morgan fingerprint density at radius 1 is 0.583 bits per heavy atom. The average molecular weight is 837 g/mol. The molecule has 2 heterocycles. The number of nitrogens with one attached hydrogen (secondary N) is 2. The molecule has 6 amide bonds. The Hall–Kier alpha value is -6.78. The Kier molecular flexibility index (Phi) is 18.7. The zero-order valence-electron chi connectivity index (χ0n) is 33.7. The number of methoxy groups -OCH3 is 1. The van der Waals surface area contributed by atoms with Crippen molar-refractivity contribution in [3.8, 4) is 0 Å². The zero-order chi connectivity index (χ0) is 44.4. The molecule has 0 spiro atoms. The minimum absolute atomic E-state index is 0.112. The highest BCUT2D eigenvalue weighted by molar-refractivity contribution is 5.96. The summed E-state index contributed by atoms with van der Waals surface area (Å²) in [5.41, 5.74) is 5.78. The topological polar surface area (TPSA) is 171 Å². The number of Topliss-reactive ketones (excluding diaryl/α,β-unsaturated/α-hetero) is 1. The summed E-state index contributed by atoms with van der Waals surface area (Å²) in [5.74, 6) is -4.44. The molecule has 0 aliphatic carbocycles. The number of benzene rings is 4. The molecule has 2 fully saturated rings. The van der Waals surface area contributed by atoms with Gasteiger partial charge in [-0.05, 0) is 92.9 Å². The number of amides is 6. The van der Waals surface area contributed by atoms with E-state index in [2.05, 4.69) is 15.4 Å². The van der Waals surface area contributed by atoms with Crippen molar-refractivity contribution >= 4 is 47.0 Å². The highest BCUT2D eigenvalue weighted by Crippen LogP contribution is 2.18. The van der Waals surface area contributed by atoms with Gasteiger partial charge in [0, 0.05) is 61.8 Å². The molecule has 0 unspecified atom stereocenters. The van der Waals surface area contributed by atoms with Crippen LogP contribution in [0, 0.1) is 23.3 Å². The van der Waals surface area contributed by atoms with Crippen LogP contribution in [0.4, 0.5) is 38.5 Å². The Balaban J connectivity index is 0.000000264. The van der Waals surface area contributed by atoms with E-state index < -0.39 is 35.4 Å². The standard InChI is InChI=1S/C20H19F2N3O4.C13H16FN3O2.C8H7FO.C2H6/c1-29-19(27)16-6-5-15(12-17(16)22)23-20(28)25-9-7-24(8-10-25)18(26)13-3-2-4-14(21)11-13;14-11-8-9(4-5-10(11)12(15)18)16-13(19)17-6-2-1-3-7-17;1-6(10)7-3-2-4-8(9)5-7;1-2/h2-6,11-12H,7-10H2,1H3,(H,23,28);4-5,8H,1-3,6-7H2,(H2,15,18)(H,16,19);2-5H,1H3;1-2H3. The molecule has 320 valence electrons. The number of rotatable bonds is 6. The Morgan fingerprint density at radius 2 is 1.03 bits per heavy atom. The lowest BCUT2D eigenvalue weighted by molar-refractivity contribution is 0.0594. The van der Waals surface area contributed by atoms with Gasteiger partial charge in [0.1, 0.15) is 23.3 Å². The number of piperidine rings is 1. The summed E-state index contributed by atoms with van der Waals surface area (Å²) in [6.07, 6.45) is 3.11. The van der Waals surface area contributed by atoms with Crippen molar-refractivity contribution in [1.29, 1.82) is 0 Å². The molecule has 0 bridgehead atoms. The van der Waals surface area contributed by atoms with E-state index >= 15 is 0 Å². The normalized spacial score (nSPS) is 13.1. The number of likely N-dealkylation sites (tertiary alicyclic amines) is 1. The SMILES string of the molecule is CC.CC(=O)c1cccc(F)c1.COC(=O)c1ccc(NC(=O)N2CCN(C(=O)c3cccc(F)c3)CC2)cc1F.NC(=O)c1ccc(NC(=O)N2CCCCC2)cc1F. The van der Waals surface area contributed by atoms with Crippen molar-refractivity contribution in [3.63, 3.8) is 0 Å². The third-order valence-corrected chi connectivity index (χ3v) is 8.91. The minimum Gasteiger partial charge on any atom is -0.465 e. The van der Waals surface area contributed by atoms with Gasteiger partial charge in [-0.15, -0.1) is 0 Å². The number of ketones is 1. The second kappa shape index (κ2) is 23.6. The summed E-state index contributed by atoms with van der Waals surface area (Å²) in [6.45, 7) is 7.97. The summed E-state index contributed by atoms with van der Waals surface area (Å²) in [5, 5.41) is 5.18. The first-order valence-corrected chi connectivity index (χ1v) is 19.1. The minimum atomic E-state index is -0.827. The molecule has 2 aliphatic heterocycles. The number of primary amides is 1. The number of urea groups is 2. The van der Waals surface area contributed by atoms with Crippen molar-refractivity contribution in [2.24, 2.45) is 5.73 Å². The lowest BCUT2D eigenvalue weighted by Crippen LogP contribution is -2.51. The van der Waals surface area contributed by atoms with E-state index in [1.165, 1.54) is 78.6 Å². The molecule has 60 heavy (non-hydrogen) atoms. The molecule has 17 heteroatoms. The van der Waals surface area contributed by atoms with Gasteiger partial charge in [-0.1, -0.05) is 32.0 Å². The molecule has 0 radical (unpaired) electrons. The van der Waals surface area contributed by atoms with Crippen LogP contribution in [0.5, 0.6) is 0 Å². The van der Waals surface area contributed by atoms with Crippen LogP contribution in [0.3, 0.4) is 0 Å². The molecular formula is C43H48F4N6O7. The fourth-order valence-electron chi connectivity index (χ4n) is 5.79. The van der Waals surface area contributed by atoms with Gasteiger partial charge in [0.05, 0.1) is 18.2 Å². The van der Waals surface area contributed by atoms with Crippen LogP contribution in [-0.4, -0.2) is 96.7 Å². The van der Waals surface area contributed by atoms with Crippen molar-refractivity contribution in [2.45, 2.75) is 40.0 Å². The van der Waals surface area contributed by atoms with E-state index in [0.29, 0.717) is 37.4 Å². The second-order valence-electron chi connectivity index (χ2n) is 13.0. The first-order chi connectivity index (χ1) is 28.7. The Morgan fingerprint density at radius 3 is 1.47 bits per heavy atom. The molecule has 0 aromatic heterocycles. The molecule has 2 saturated heterocycles. The molecule has 0 atom stereocenters. The van der Waals surface area contributed by atoms with Crippen LogP contribution in [0.1, 0.15) is 81.5 Å². The molecule has 4 aromatic carbocycles. The van der Waals surface area contributed by atoms with Crippen molar-refractivity contribution in [2.75, 3.05) is 57.0 Å². The number of hydrogen-bond donors (Lipinski definition) is 3. The lowest BCUT2D eigenvalue weighted by atomic mass is 10.1. The fraction of sp³-hybridized carbons (Fsp3) is 0.302. The van der Waals surface area contributed by atoms with E-state index in [1.54, 1.807) is 15.9 Å². The molecule has 4 N–H and O–H groups in total. The number of anilines is 2. The van der Waals surface area contributed by atoms with E-state index in [0.717, 1.165) is 38.5 Å². The number of carbonyl (C=O) groups excluding carboxylic acids is 6. The largest absolute Gasteiger partial charge is 0.465 e. The van der Waals surface area contributed by atoms with E-state index in [9.17, 15) is 46.3 Å². The number of halogens is 4. The first kappa shape index (κ1) is 47.6. The summed E-state index contributed by atoms with van der Waals surface area (Å²) >= 11 is 0. The Labute approximate surface area is 345 Å². The van der Waals surface area contributed by atoms with E-state index in [1.807, 2.05) is 13.8 Å². The van der Waals surface area contributed by atoms with Gasteiger partial charge in [0.15, 0.2) is 5.78 Å².